The van der Waals surface area contributed by atoms with Crippen LogP contribution < -0.4 is 5.32 Å². The summed E-state index contributed by atoms with van der Waals surface area (Å²) in [7, 11) is 0. The van der Waals surface area contributed by atoms with Crippen LogP contribution >= 0.6 is 0 Å². The molecule has 0 bridgehead atoms. The Bertz CT molecular complexity index is 1130. The van der Waals surface area contributed by atoms with Crippen LogP contribution in [-0.4, -0.2) is 16.1 Å². The molecule has 0 spiro atoms. The van der Waals surface area contributed by atoms with Gasteiger partial charge in [0.2, 0.25) is 0 Å². The number of nitrogens with zero attached hydrogens (tertiary/aromatic N) is 1. The molecule has 136 valence electrons. The molecule has 0 radical (unpaired) electrons. The van der Waals surface area contributed by atoms with Crippen molar-refractivity contribution < 1.29 is 18.0 Å². The van der Waals surface area contributed by atoms with Gasteiger partial charge < -0.3 is 9.73 Å². The van der Waals surface area contributed by atoms with E-state index >= 15 is 0 Å². The molecule has 0 saturated carbocycles. The highest BCUT2D eigenvalue weighted by atomic mass is 19.1. The molecule has 0 unspecified atom stereocenters. The van der Waals surface area contributed by atoms with Crippen LogP contribution in [0.2, 0.25) is 0 Å². The van der Waals surface area contributed by atoms with Gasteiger partial charge in [0, 0.05) is 16.5 Å². The maximum absolute atomic E-state index is 13.4. The van der Waals surface area contributed by atoms with E-state index in [-0.39, 0.29) is 24.1 Å². The number of nitrogens with one attached hydrogen (secondary N) is 2. The number of furan rings is 1. The lowest BCUT2D eigenvalue weighted by Crippen LogP contribution is -2.23. The third kappa shape index (κ3) is 3.19. The van der Waals surface area contributed by atoms with Gasteiger partial charge in [-0.25, -0.2) is 8.78 Å². The van der Waals surface area contributed by atoms with E-state index in [1.807, 2.05) is 6.92 Å². The Hall–Kier alpha value is -3.48. The van der Waals surface area contributed by atoms with E-state index in [0.29, 0.717) is 33.6 Å². The van der Waals surface area contributed by atoms with Crippen LogP contribution in [0.1, 0.15) is 21.7 Å². The number of aromatic amines is 1. The molecule has 2 aromatic heterocycles. The normalized spacial score (nSPS) is 11.1. The fraction of sp³-hybridized carbons (Fsp3) is 0.100. The van der Waals surface area contributed by atoms with Crippen molar-refractivity contribution in [2.45, 2.75) is 13.5 Å². The number of halogens is 2. The third-order valence-electron chi connectivity index (χ3n) is 4.42. The second-order valence-electron chi connectivity index (χ2n) is 6.14. The average Bonchev–Trinajstić information content (AvgIpc) is 3.26. The number of rotatable bonds is 4. The molecule has 0 saturated heterocycles. The van der Waals surface area contributed by atoms with Crippen LogP contribution in [0.15, 0.2) is 53.1 Å². The van der Waals surface area contributed by atoms with Crippen LogP contribution in [-0.2, 0) is 6.54 Å². The molecule has 2 aromatic carbocycles. The van der Waals surface area contributed by atoms with E-state index in [0.717, 1.165) is 5.56 Å². The first kappa shape index (κ1) is 17.0. The lowest BCUT2D eigenvalue weighted by molar-refractivity contribution is 0.0949. The number of aryl methyl sites for hydroxylation is 1. The van der Waals surface area contributed by atoms with Gasteiger partial charge in [-0.3, -0.25) is 9.89 Å². The first-order chi connectivity index (χ1) is 13.0. The van der Waals surface area contributed by atoms with Crippen molar-refractivity contribution in [3.63, 3.8) is 0 Å². The smallest absolute Gasteiger partial charge is 0.255 e. The summed E-state index contributed by atoms with van der Waals surface area (Å²) < 4.78 is 32.2. The Morgan fingerprint density at radius 3 is 2.67 bits per heavy atom. The van der Waals surface area contributed by atoms with Gasteiger partial charge in [0.15, 0.2) is 0 Å². The lowest BCUT2D eigenvalue weighted by Gasteiger charge is -2.05. The number of H-pyrrole nitrogens is 1. The van der Waals surface area contributed by atoms with E-state index in [4.69, 9.17) is 4.42 Å². The second kappa shape index (κ2) is 6.68. The molecule has 27 heavy (non-hydrogen) atoms. The Labute approximate surface area is 153 Å². The number of fused-ring (bicyclic) bond motifs is 1. The molecule has 4 aromatic rings. The standard InChI is InChI=1S/C20H15F2N3O2/c1-11-15-8-14(22)6-7-17(15)27-18(11)10-23-20(26)16-9-24-25-19(16)12-2-4-13(21)5-3-12/h2-9H,10H2,1H3,(H,23,26)(H,24,25). The summed E-state index contributed by atoms with van der Waals surface area (Å²) in [6, 6.07) is 10.1. The summed E-state index contributed by atoms with van der Waals surface area (Å²) in [6.45, 7) is 1.96. The van der Waals surface area contributed by atoms with Crippen molar-refractivity contribution in [2.24, 2.45) is 0 Å². The van der Waals surface area contributed by atoms with Crippen molar-refractivity contribution in [3.05, 3.63) is 77.2 Å². The van der Waals surface area contributed by atoms with Crippen LogP contribution in [0.4, 0.5) is 8.78 Å². The number of hydrogen-bond donors (Lipinski definition) is 2. The van der Waals surface area contributed by atoms with Gasteiger partial charge in [0.25, 0.3) is 5.91 Å². The highest BCUT2D eigenvalue weighted by Crippen LogP contribution is 2.26. The van der Waals surface area contributed by atoms with E-state index in [2.05, 4.69) is 15.5 Å². The number of aromatic nitrogens is 2. The van der Waals surface area contributed by atoms with Crippen LogP contribution in [0.5, 0.6) is 0 Å². The lowest BCUT2D eigenvalue weighted by atomic mass is 10.1. The predicted molar refractivity (Wildman–Crippen MR) is 96.1 cm³/mol. The molecule has 4 rings (SSSR count). The van der Waals surface area contributed by atoms with Gasteiger partial charge in [-0.1, -0.05) is 0 Å². The molecule has 0 aliphatic rings. The predicted octanol–water partition coefficient (Wildman–Crippen LogP) is 4.34. The number of benzene rings is 2. The Balaban J connectivity index is 1.55. The van der Waals surface area contributed by atoms with Crippen molar-refractivity contribution in [1.82, 2.24) is 15.5 Å². The molecule has 0 atom stereocenters. The first-order valence-corrected chi connectivity index (χ1v) is 8.28. The van der Waals surface area contributed by atoms with Crippen molar-refractivity contribution >= 4 is 16.9 Å². The maximum atomic E-state index is 13.4. The molecular weight excluding hydrogens is 352 g/mol. The van der Waals surface area contributed by atoms with E-state index < -0.39 is 0 Å². The van der Waals surface area contributed by atoms with Gasteiger partial charge in [-0.05, 0) is 49.4 Å². The van der Waals surface area contributed by atoms with Gasteiger partial charge >= 0.3 is 0 Å². The molecule has 2 heterocycles. The molecule has 2 N–H and O–H groups in total. The summed E-state index contributed by atoms with van der Waals surface area (Å²) in [5.41, 5.74) is 2.82. The SMILES string of the molecule is Cc1c(CNC(=O)c2cn[nH]c2-c2ccc(F)cc2)oc2ccc(F)cc12. The Morgan fingerprint density at radius 1 is 1.15 bits per heavy atom. The fourth-order valence-corrected chi connectivity index (χ4v) is 2.96. The average molecular weight is 367 g/mol. The van der Waals surface area contributed by atoms with Crippen LogP contribution in [0.25, 0.3) is 22.2 Å². The topological polar surface area (TPSA) is 70.9 Å². The summed E-state index contributed by atoms with van der Waals surface area (Å²) in [4.78, 5) is 12.6. The summed E-state index contributed by atoms with van der Waals surface area (Å²) in [5.74, 6) is -0.504. The minimum absolute atomic E-state index is 0.148. The number of carbonyl (C=O) groups excluding carboxylic acids is 1. The van der Waals surface area contributed by atoms with E-state index in [1.165, 1.54) is 30.5 Å². The minimum Gasteiger partial charge on any atom is -0.459 e. The van der Waals surface area contributed by atoms with Crippen molar-refractivity contribution in [2.75, 3.05) is 0 Å². The molecule has 0 aliphatic carbocycles. The fourth-order valence-electron chi connectivity index (χ4n) is 2.96. The summed E-state index contributed by atoms with van der Waals surface area (Å²) >= 11 is 0. The van der Waals surface area contributed by atoms with Crippen molar-refractivity contribution in [3.8, 4) is 11.3 Å². The molecular formula is C20H15F2N3O2. The second-order valence-corrected chi connectivity index (χ2v) is 6.14. The van der Waals surface area contributed by atoms with Crippen LogP contribution in [0.3, 0.4) is 0 Å². The zero-order valence-electron chi connectivity index (χ0n) is 14.3. The highest BCUT2D eigenvalue weighted by molar-refractivity contribution is 5.99. The first-order valence-electron chi connectivity index (χ1n) is 8.28. The number of amides is 1. The summed E-state index contributed by atoms with van der Waals surface area (Å²) in [6.07, 6.45) is 1.41. The molecule has 1 amide bonds. The van der Waals surface area contributed by atoms with E-state index in [1.54, 1.807) is 18.2 Å². The van der Waals surface area contributed by atoms with Crippen LogP contribution in [0, 0.1) is 18.6 Å². The maximum Gasteiger partial charge on any atom is 0.255 e. The zero-order valence-corrected chi connectivity index (χ0v) is 14.3. The molecule has 0 aliphatic heterocycles. The molecule has 7 heteroatoms. The van der Waals surface area contributed by atoms with Crippen molar-refractivity contribution in [1.29, 1.82) is 0 Å². The molecule has 0 fully saturated rings. The third-order valence-corrected chi connectivity index (χ3v) is 4.42. The quantitative estimate of drug-likeness (QED) is 0.564. The Kier molecular flexibility index (Phi) is 4.19. The largest absolute Gasteiger partial charge is 0.459 e. The van der Waals surface area contributed by atoms with Gasteiger partial charge in [0.05, 0.1) is 24.0 Å². The Morgan fingerprint density at radius 2 is 1.89 bits per heavy atom. The number of carbonyl (C=O) groups is 1. The summed E-state index contributed by atoms with van der Waals surface area (Å²) in [5, 5.41) is 10.1. The zero-order chi connectivity index (χ0) is 19.0. The molecule has 5 nitrogen and oxygen atoms in total. The minimum atomic E-state index is -0.360. The van der Waals surface area contributed by atoms with Gasteiger partial charge in [0.1, 0.15) is 23.0 Å². The van der Waals surface area contributed by atoms with E-state index in [9.17, 15) is 13.6 Å². The van der Waals surface area contributed by atoms with Gasteiger partial charge in [-0.15, -0.1) is 0 Å². The highest BCUT2D eigenvalue weighted by Gasteiger charge is 2.17. The number of hydrogen-bond acceptors (Lipinski definition) is 3. The van der Waals surface area contributed by atoms with Gasteiger partial charge in [-0.2, -0.15) is 5.10 Å². The monoisotopic (exact) mass is 367 g/mol.